The highest BCUT2D eigenvalue weighted by molar-refractivity contribution is 6.15. The Hall–Kier alpha value is -5.86. The third-order valence-corrected chi connectivity index (χ3v) is 8.90. The number of benzene rings is 7. The number of nitrogens with zero attached hydrogens (tertiary/aromatic N) is 2. The maximum atomic E-state index is 2.42. The fourth-order valence-electron chi connectivity index (χ4n) is 6.97. The van der Waals surface area contributed by atoms with E-state index in [1.807, 2.05) is 0 Å². The van der Waals surface area contributed by atoms with Gasteiger partial charge in [-0.3, -0.25) is 0 Å². The van der Waals surface area contributed by atoms with E-state index in [9.17, 15) is 0 Å². The van der Waals surface area contributed by atoms with E-state index in [2.05, 4.69) is 179 Å². The number of rotatable bonds is 4. The third-order valence-electron chi connectivity index (χ3n) is 8.90. The van der Waals surface area contributed by atoms with Gasteiger partial charge in [0.1, 0.15) is 0 Å². The van der Waals surface area contributed by atoms with Crippen LogP contribution in [0.15, 0.2) is 170 Å². The van der Waals surface area contributed by atoms with Gasteiger partial charge in [0.15, 0.2) is 0 Å². The summed E-state index contributed by atoms with van der Waals surface area (Å²) >= 11 is 0. The highest BCUT2D eigenvalue weighted by atomic mass is 15.0. The molecular weight excluding hydrogens is 532 g/mol. The van der Waals surface area contributed by atoms with Crippen LogP contribution in [0.4, 0.5) is 0 Å². The van der Waals surface area contributed by atoms with Gasteiger partial charge in [0.05, 0.1) is 22.1 Å². The molecule has 7 aromatic carbocycles. The van der Waals surface area contributed by atoms with Gasteiger partial charge >= 0.3 is 0 Å². The maximum absolute atomic E-state index is 2.42. The first-order valence-corrected chi connectivity index (χ1v) is 15.1. The molecule has 2 heteroatoms. The van der Waals surface area contributed by atoms with Crippen LogP contribution in [0.5, 0.6) is 0 Å². The van der Waals surface area contributed by atoms with Crippen molar-refractivity contribution in [2.75, 3.05) is 0 Å². The van der Waals surface area contributed by atoms with E-state index in [0.29, 0.717) is 0 Å². The molecule has 0 amide bonds. The molecule has 0 aliphatic heterocycles. The van der Waals surface area contributed by atoms with Gasteiger partial charge in [-0.2, -0.15) is 0 Å². The number of fused-ring (bicyclic) bond motifs is 6. The lowest BCUT2D eigenvalue weighted by atomic mass is 10.00. The van der Waals surface area contributed by atoms with Crippen LogP contribution in [-0.2, 0) is 0 Å². The Labute approximate surface area is 255 Å². The molecule has 0 aliphatic carbocycles. The topological polar surface area (TPSA) is 9.86 Å². The predicted octanol–water partition coefficient (Wildman–Crippen LogP) is 11.2. The van der Waals surface area contributed by atoms with Gasteiger partial charge < -0.3 is 9.13 Å². The van der Waals surface area contributed by atoms with Crippen molar-refractivity contribution in [3.8, 4) is 33.6 Å². The van der Waals surface area contributed by atoms with Gasteiger partial charge in [-0.05, 0) is 65.2 Å². The minimum absolute atomic E-state index is 1.16. The van der Waals surface area contributed by atoms with Crippen LogP contribution in [0.2, 0.25) is 0 Å². The minimum atomic E-state index is 1.16. The van der Waals surface area contributed by atoms with Gasteiger partial charge in [-0.15, -0.1) is 0 Å². The van der Waals surface area contributed by atoms with Gasteiger partial charge in [0.2, 0.25) is 0 Å². The summed E-state index contributed by atoms with van der Waals surface area (Å²) in [5, 5.41) is 5.04. The number of aromatic nitrogens is 2. The van der Waals surface area contributed by atoms with Crippen LogP contribution >= 0.6 is 0 Å². The molecular formula is C42H28N2. The first kappa shape index (κ1) is 24.7. The Bertz CT molecular complexity index is 2480. The third kappa shape index (κ3) is 3.75. The summed E-state index contributed by atoms with van der Waals surface area (Å²) in [4.78, 5) is 0. The summed E-state index contributed by atoms with van der Waals surface area (Å²) < 4.78 is 4.82. The largest absolute Gasteiger partial charge is 0.309 e. The van der Waals surface area contributed by atoms with Gasteiger partial charge in [0.25, 0.3) is 0 Å². The van der Waals surface area contributed by atoms with E-state index in [1.54, 1.807) is 0 Å². The monoisotopic (exact) mass is 560 g/mol. The smallest absolute Gasteiger partial charge is 0.0619 e. The van der Waals surface area contributed by atoms with E-state index in [4.69, 9.17) is 0 Å². The Kier molecular flexibility index (Phi) is 5.54. The van der Waals surface area contributed by atoms with Gasteiger partial charge in [-0.25, -0.2) is 0 Å². The average molecular weight is 561 g/mol. The van der Waals surface area contributed by atoms with E-state index in [-0.39, 0.29) is 0 Å². The highest BCUT2D eigenvalue weighted by Gasteiger charge is 2.18. The Morgan fingerprint density at radius 2 is 0.864 bits per heavy atom. The predicted molar refractivity (Wildman–Crippen MR) is 186 cm³/mol. The molecule has 0 fully saturated rings. The molecule has 0 unspecified atom stereocenters. The molecule has 9 aromatic rings. The van der Waals surface area contributed by atoms with Crippen molar-refractivity contribution in [1.82, 2.24) is 9.13 Å². The second kappa shape index (κ2) is 9.86. The fourth-order valence-corrected chi connectivity index (χ4v) is 6.97. The first-order valence-electron chi connectivity index (χ1n) is 15.1. The summed E-state index contributed by atoms with van der Waals surface area (Å²) in [5.74, 6) is 0. The van der Waals surface area contributed by atoms with Crippen molar-refractivity contribution in [3.05, 3.63) is 170 Å². The average Bonchev–Trinajstić information content (AvgIpc) is 3.62. The van der Waals surface area contributed by atoms with E-state index < -0.39 is 0 Å². The zero-order valence-corrected chi connectivity index (χ0v) is 24.1. The van der Waals surface area contributed by atoms with Gasteiger partial charge in [-0.1, -0.05) is 121 Å². The number of hydrogen-bond donors (Lipinski definition) is 0. The molecule has 0 atom stereocenters. The summed E-state index contributed by atoms with van der Waals surface area (Å²) in [5.41, 5.74) is 12.1. The van der Waals surface area contributed by atoms with Crippen molar-refractivity contribution in [2.24, 2.45) is 0 Å². The molecule has 2 nitrogen and oxygen atoms in total. The second-order valence-electron chi connectivity index (χ2n) is 11.4. The van der Waals surface area contributed by atoms with Crippen molar-refractivity contribution in [1.29, 1.82) is 0 Å². The Morgan fingerprint density at radius 3 is 1.66 bits per heavy atom. The van der Waals surface area contributed by atoms with Crippen LogP contribution in [-0.4, -0.2) is 9.13 Å². The zero-order chi connectivity index (χ0) is 29.0. The molecule has 0 spiro atoms. The lowest BCUT2D eigenvalue weighted by molar-refractivity contribution is 1.18. The van der Waals surface area contributed by atoms with Crippen LogP contribution in [0, 0.1) is 0 Å². The molecule has 44 heavy (non-hydrogen) atoms. The van der Waals surface area contributed by atoms with Crippen molar-refractivity contribution < 1.29 is 0 Å². The van der Waals surface area contributed by atoms with Crippen molar-refractivity contribution in [3.63, 3.8) is 0 Å². The molecule has 0 saturated carbocycles. The lowest BCUT2D eigenvalue weighted by Gasteiger charge is -2.13. The standard InChI is InChI=1S/C42H28N2/c1-3-13-29(14-4-1)30-15-11-18-33(27-30)43-39-23-9-8-20-36(39)38-28-31(25-26-41(38)43)34-21-12-22-37-35-19-7-10-24-40(35)44(42(34)37)32-16-5-2-6-17-32/h1-28H. The summed E-state index contributed by atoms with van der Waals surface area (Å²) in [6, 6.07) is 61.4. The van der Waals surface area contributed by atoms with Crippen molar-refractivity contribution in [2.45, 2.75) is 0 Å². The van der Waals surface area contributed by atoms with Gasteiger partial charge in [0, 0.05) is 38.5 Å². The molecule has 2 aromatic heterocycles. The molecule has 2 heterocycles. The van der Waals surface area contributed by atoms with Crippen LogP contribution < -0.4 is 0 Å². The molecule has 206 valence electrons. The maximum Gasteiger partial charge on any atom is 0.0619 e. The molecule has 0 bridgehead atoms. The summed E-state index contributed by atoms with van der Waals surface area (Å²) in [6.45, 7) is 0. The Balaban J connectivity index is 1.30. The van der Waals surface area contributed by atoms with Crippen LogP contribution in [0.1, 0.15) is 0 Å². The van der Waals surface area contributed by atoms with Crippen LogP contribution in [0.3, 0.4) is 0 Å². The van der Waals surface area contributed by atoms with E-state index in [1.165, 1.54) is 71.6 Å². The molecule has 0 radical (unpaired) electrons. The summed E-state index contributed by atoms with van der Waals surface area (Å²) in [6.07, 6.45) is 0. The summed E-state index contributed by atoms with van der Waals surface area (Å²) in [7, 11) is 0. The number of hydrogen-bond acceptors (Lipinski definition) is 0. The lowest BCUT2D eigenvalue weighted by Crippen LogP contribution is -1.95. The highest BCUT2D eigenvalue weighted by Crippen LogP contribution is 2.40. The quantitative estimate of drug-likeness (QED) is 0.203. The molecule has 0 saturated heterocycles. The number of para-hydroxylation sites is 4. The van der Waals surface area contributed by atoms with Crippen molar-refractivity contribution >= 4 is 43.6 Å². The Morgan fingerprint density at radius 1 is 0.295 bits per heavy atom. The fraction of sp³-hybridized carbons (Fsp3) is 0. The molecule has 0 N–H and O–H groups in total. The molecule has 9 rings (SSSR count). The van der Waals surface area contributed by atoms with Crippen LogP contribution in [0.25, 0.3) is 77.2 Å². The first-order chi connectivity index (χ1) is 21.8. The normalized spacial score (nSPS) is 11.6. The minimum Gasteiger partial charge on any atom is -0.309 e. The SMILES string of the molecule is c1ccc(-c2cccc(-n3c4ccccc4c4cc(-c5cccc6c7ccccc7n(-c7ccccc7)c56)ccc43)c2)cc1. The second-order valence-corrected chi connectivity index (χ2v) is 11.4. The molecule has 0 aliphatic rings. The van der Waals surface area contributed by atoms with E-state index >= 15 is 0 Å². The zero-order valence-electron chi connectivity index (χ0n) is 24.1. The van der Waals surface area contributed by atoms with E-state index in [0.717, 1.165) is 5.69 Å².